The molecule has 0 aliphatic rings. The summed E-state index contributed by atoms with van der Waals surface area (Å²) in [6, 6.07) is 10.8. The summed E-state index contributed by atoms with van der Waals surface area (Å²) in [5, 5.41) is 1.48. The number of ether oxygens (including phenoxy) is 3. The van der Waals surface area contributed by atoms with Gasteiger partial charge in [0.2, 0.25) is 0 Å². The van der Waals surface area contributed by atoms with Gasteiger partial charge in [-0.25, -0.2) is 0 Å². The summed E-state index contributed by atoms with van der Waals surface area (Å²) in [4.78, 5) is 0. The Balaban J connectivity index is 2.18. The van der Waals surface area contributed by atoms with Crippen LogP contribution in [-0.2, 0) is 10.7 Å². The van der Waals surface area contributed by atoms with E-state index in [1.165, 1.54) is 49.7 Å². The maximum Gasteiger partial charge on any atom is 0.161 e. The third-order valence-corrected chi connectivity index (χ3v) is 8.95. The van der Waals surface area contributed by atoms with Crippen LogP contribution in [0.15, 0.2) is 30.3 Å². The van der Waals surface area contributed by atoms with Crippen LogP contribution >= 0.6 is 31.9 Å². The van der Waals surface area contributed by atoms with Crippen LogP contribution in [0.4, 0.5) is 0 Å². The highest BCUT2D eigenvalue weighted by atomic mass is 79.9. The van der Waals surface area contributed by atoms with Gasteiger partial charge < -0.3 is 14.2 Å². The zero-order valence-corrected chi connectivity index (χ0v) is 29.3. The van der Waals surface area contributed by atoms with Crippen LogP contribution in [0.5, 0.6) is 17.2 Å². The first-order valence-corrected chi connectivity index (χ1v) is 17.6. The zero-order valence-electron chi connectivity index (χ0n) is 26.2. The van der Waals surface area contributed by atoms with Gasteiger partial charge in [0, 0.05) is 16.2 Å². The van der Waals surface area contributed by atoms with Crippen molar-refractivity contribution in [1.29, 1.82) is 0 Å². The lowest BCUT2D eigenvalue weighted by Crippen LogP contribution is -2.08. The second kappa shape index (κ2) is 19.1. The highest BCUT2D eigenvalue weighted by molar-refractivity contribution is 9.08. The molecular weight excluding hydrogens is 628 g/mol. The number of benzene rings is 2. The molecule has 0 radical (unpaired) electrons. The van der Waals surface area contributed by atoms with Gasteiger partial charge >= 0.3 is 0 Å². The van der Waals surface area contributed by atoms with Crippen molar-refractivity contribution in [3.8, 4) is 28.4 Å². The lowest BCUT2D eigenvalue weighted by molar-refractivity contribution is 0.237. The van der Waals surface area contributed by atoms with Gasteiger partial charge in [-0.2, -0.15) is 0 Å². The van der Waals surface area contributed by atoms with Crippen molar-refractivity contribution < 1.29 is 14.2 Å². The second-order valence-corrected chi connectivity index (χ2v) is 13.5. The fourth-order valence-corrected chi connectivity index (χ4v) is 5.93. The first-order valence-electron chi connectivity index (χ1n) is 15.4. The Morgan fingerprint density at radius 1 is 0.600 bits per heavy atom. The van der Waals surface area contributed by atoms with Crippen LogP contribution in [0.2, 0.25) is 0 Å². The summed E-state index contributed by atoms with van der Waals surface area (Å²) in [6.45, 7) is 15.3. The van der Waals surface area contributed by atoms with Gasteiger partial charge in [0.1, 0.15) is 5.75 Å². The number of hydrogen-bond donors (Lipinski definition) is 0. The molecule has 0 spiro atoms. The normalized spacial score (nSPS) is 13.1. The van der Waals surface area contributed by atoms with Crippen LogP contribution in [0.25, 0.3) is 11.1 Å². The molecule has 2 atom stereocenters. The quantitative estimate of drug-likeness (QED) is 0.130. The molecule has 0 saturated carbocycles. The van der Waals surface area contributed by atoms with E-state index in [1.54, 1.807) is 7.11 Å². The lowest BCUT2D eigenvalue weighted by Gasteiger charge is -2.19. The molecule has 2 aromatic carbocycles. The van der Waals surface area contributed by atoms with Gasteiger partial charge in [0.25, 0.3) is 0 Å². The Morgan fingerprint density at radius 2 is 1.15 bits per heavy atom. The summed E-state index contributed by atoms with van der Waals surface area (Å²) in [6.07, 6.45) is 9.84. The van der Waals surface area contributed by atoms with Gasteiger partial charge in [0.15, 0.2) is 11.5 Å². The topological polar surface area (TPSA) is 27.7 Å². The maximum atomic E-state index is 6.45. The number of alkyl halides is 2. The third-order valence-electron chi connectivity index (χ3n) is 7.74. The lowest BCUT2D eigenvalue weighted by atomic mass is 9.97. The van der Waals surface area contributed by atoms with E-state index in [0.717, 1.165) is 63.7 Å². The molecule has 0 bridgehead atoms. The van der Waals surface area contributed by atoms with E-state index in [1.807, 2.05) is 0 Å². The third kappa shape index (κ3) is 12.3. The summed E-state index contributed by atoms with van der Waals surface area (Å²) >= 11 is 7.31. The van der Waals surface area contributed by atoms with Crippen LogP contribution in [0.3, 0.4) is 0 Å². The number of halogens is 2. The number of hydrogen-bond acceptors (Lipinski definition) is 3. The molecule has 40 heavy (non-hydrogen) atoms. The predicted molar refractivity (Wildman–Crippen MR) is 180 cm³/mol. The van der Waals surface area contributed by atoms with Gasteiger partial charge in [-0.05, 0) is 77.5 Å². The average Bonchev–Trinajstić information content (AvgIpc) is 2.92. The van der Waals surface area contributed by atoms with Gasteiger partial charge in [-0.15, -0.1) is 0 Å². The average molecular weight is 683 g/mol. The number of rotatable bonds is 20. The standard InChI is InChI=1S/C35H54Br2O3/c1-25(2)10-8-12-27(5)16-18-39-33-15-14-29(32-20-31(24-37)34(38-7)22-30(32)23-36)21-35(33)40-19-17-28(6)13-9-11-26(3)4/h14-15,20-22,25-28H,8-13,16-19,23-24H2,1-7H3. The second-order valence-electron chi connectivity index (χ2n) is 12.4. The molecule has 2 rings (SSSR count). The SMILES string of the molecule is COc1cc(CBr)c(-c2ccc(OCCC(C)CCCC(C)C)c(OCCC(C)CCCC(C)C)c2)cc1CBr. The zero-order chi connectivity index (χ0) is 29.5. The molecule has 0 N–H and O–H groups in total. The van der Waals surface area contributed by atoms with Crippen LogP contribution < -0.4 is 14.2 Å². The Hall–Kier alpha value is -1.20. The monoisotopic (exact) mass is 680 g/mol. The first-order chi connectivity index (χ1) is 19.2. The first kappa shape index (κ1) is 35.0. The minimum absolute atomic E-state index is 0.654. The predicted octanol–water partition coefficient (Wildman–Crippen LogP) is 11.6. The summed E-state index contributed by atoms with van der Waals surface area (Å²) in [5.41, 5.74) is 4.64. The molecule has 0 fully saturated rings. The molecule has 226 valence electrons. The van der Waals surface area contributed by atoms with Crippen LogP contribution in [-0.4, -0.2) is 20.3 Å². The van der Waals surface area contributed by atoms with E-state index in [2.05, 4.69) is 104 Å². The van der Waals surface area contributed by atoms with Crippen molar-refractivity contribution in [3.05, 3.63) is 41.5 Å². The molecule has 0 aromatic heterocycles. The van der Waals surface area contributed by atoms with Gasteiger partial charge in [-0.1, -0.05) is 118 Å². The van der Waals surface area contributed by atoms with E-state index < -0.39 is 0 Å². The van der Waals surface area contributed by atoms with E-state index >= 15 is 0 Å². The Bertz CT molecular complexity index is 989. The smallest absolute Gasteiger partial charge is 0.161 e. The van der Waals surface area contributed by atoms with Gasteiger partial charge in [-0.3, -0.25) is 0 Å². The summed E-state index contributed by atoms with van der Waals surface area (Å²) < 4.78 is 18.4. The highest BCUT2D eigenvalue weighted by Crippen LogP contribution is 2.38. The van der Waals surface area contributed by atoms with Crippen molar-refractivity contribution >= 4 is 31.9 Å². The largest absolute Gasteiger partial charge is 0.496 e. The van der Waals surface area contributed by atoms with Crippen LogP contribution in [0, 0.1) is 23.7 Å². The molecule has 0 saturated heterocycles. The van der Waals surface area contributed by atoms with Crippen molar-refractivity contribution in [2.24, 2.45) is 23.7 Å². The molecule has 3 nitrogen and oxygen atoms in total. The van der Waals surface area contributed by atoms with E-state index in [4.69, 9.17) is 14.2 Å². The fraction of sp³-hybridized carbons (Fsp3) is 0.657. The Kier molecular flexibility index (Phi) is 16.7. The van der Waals surface area contributed by atoms with E-state index in [9.17, 15) is 0 Å². The fourth-order valence-electron chi connectivity index (χ4n) is 5.03. The molecule has 2 unspecified atom stereocenters. The molecule has 0 aliphatic carbocycles. The van der Waals surface area contributed by atoms with Crippen molar-refractivity contribution in [1.82, 2.24) is 0 Å². The molecule has 5 heteroatoms. The maximum absolute atomic E-state index is 6.45. The van der Waals surface area contributed by atoms with Crippen molar-refractivity contribution in [2.45, 2.75) is 104 Å². The molecular formula is C35H54Br2O3. The van der Waals surface area contributed by atoms with Crippen LogP contribution in [0.1, 0.15) is 104 Å². The van der Waals surface area contributed by atoms with E-state index in [0.29, 0.717) is 25.0 Å². The van der Waals surface area contributed by atoms with E-state index in [-0.39, 0.29) is 0 Å². The molecule has 0 amide bonds. The van der Waals surface area contributed by atoms with Crippen molar-refractivity contribution in [3.63, 3.8) is 0 Å². The number of methoxy groups -OCH3 is 1. The summed E-state index contributed by atoms with van der Waals surface area (Å²) in [7, 11) is 1.73. The molecule has 0 aliphatic heterocycles. The van der Waals surface area contributed by atoms with Gasteiger partial charge in [0.05, 0.1) is 20.3 Å². The molecule has 2 aromatic rings. The minimum atomic E-state index is 0.654. The Labute approximate surface area is 262 Å². The molecule has 0 heterocycles. The minimum Gasteiger partial charge on any atom is -0.496 e. The highest BCUT2D eigenvalue weighted by Gasteiger charge is 2.15. The Morgan fingerprint density at radius 3 is 1.65 bits per heavy atom. The van der Waals surface area contributed by atoms with Crippen molar-refractivity contribution in [2.75, 3.05) is 20.3 Å². The summed E-state index contributed by atoms with van der Waals surface area (Å²) in [5.74, 6) is 5.47.